The molecular formula is C14H10ClFN2. The van der Waals surface area contributed by atoms with Crippen LogP contribution in [0.3, 0.4) is 0 Å². The number of rotatable bonds is 3. The summed E-state index contributed by atoms with van der Waals surface area (Å²) >= 11 is 5.61. The number of hydrogen-bond donors (Lipinski definition) is 1. The van der Waals surface area contributed by atoms with E-state index in [-0.39, 0.29) is 5.02 Å². The number of anilines is 1. The summed E-state index contributed by atoms with van der Waals surface area (Å²) in [4.78, 5) is 0. The average Bonchev–Trinajstić information content (AvgIpc) is 2.40. The fourth-order valence-electron chi connectivity index (χ4n) is 1.58. The van der Waals surface area contributed by atoms with Gasteiger partial charge in [0, 0.05) is 6.54 Å². The van der Waals surface area contributed by atoms with Gasteiger partial charge in [0.05, 0.1) is 16.3 Å². The molecule has 2 nitrogen and oxygen atoms in total. The van der Waals surface area contributed by atoms with Crippen LogP contribution in [0.1, 0.15) is 11.1 Å². The van der Waals surface area contributed by atoms with Gasteiger partial charge in [-0.2, -0.15) is 5.26 Å². The monoisotopic (exact) mass is 260 g/mol. The van der Waals surface area contributed by atoms with E-state index in [1.54, 1.807) is 18.2 Å². The molecule has 0 heterocycles. The van der Waals surface area contributed by atoms with Crippen LogP contribution in [0, 0.1) is 17.1 Å². The summed E-state index contributed by atoms with van der Waals surface area (Å²) in [5.74, 6) is -0.440. The van der Waals surface area contributed by atoms with Gasteiger partial charge in [0.2, 0.25) is 0 Å². The van der Waals surface area contributed by atoms with Crippen LogP contribution in [-0.4, -0.2) is 0 Å². The van der Waals surface area contributed by atoms with Gasteiger partial charge in [-0.05, 0) is 29.8 Å². The van der Waals surface area contributed by atoms with Crippen LogP contribution in [0.2, 0.25) is 5.02 Å². The molecular weight excluding hydrogens is 251 g/mol. The molecule has 0 unspecified atom stereocenters. The Labute approximate surface area is 110 Å². The molecule has 0 saturated heterocycles. The van der Waals surface area contributed by atoms with Crippen LogP contribution < -0.4 is 5.32 Å². The first-order valence-corrected chi connectivity index (χ1v) is 5.75. The summed E-state index contributed by atoms with van der Waals surface area (Å²) in [6.07, 6.45) is 0. The van der Waals surface area contributed by atoms with Gasteiger partial charge in [0.1, 0.15) is 11.9 Å². The van der Waals surface area contributed by atoms with E-state index in [0.717, 1.165) is 11.3 Å². The van der Waals surface area contributed by atoms with Crippen LogP contribution in [0.5, 0.6) is 0 Å². The molecule has 0 atom stereocenters. The summed E-state index contributed by atoms with van der Waals surface area (Å²) in [5.41, 5.74) is 2.06. The first kappa shape index (κ1) is 12.4. The molecule has 0 aliphatic rings. The SMILES string of the molecule is N#Cc1ccccc1NCc1ccc(Cl)c(F)c1. The van der Waals surface area contributed by atoms with Crippen molar-refractivity contribution < 1.29 is 4.39 Å². The Morgan fingerprint density at radius 2 is 2.00 bits per heavy atom. The molecule has 4 heteroatoms. The second-order valence-corrected chi connectivity index (χ2v) is 4.17. The highest BCUT2D eigenvalue weighted by atomic mass is 35.5. The molecule has 0 fully saturated rings. The van der Waals surface area contributed by atoms with Crippen molar-refractivity contribution in [3.63, 3.8) is 0 Å². The standard InChI is InChI=1S/C14H10ClFN2/c15-12-6-5-10(7-13(12)16)9-18-14-4-2-1-3-11(14)8-17/h1-7,18H,9H2. The minimum Gasteiger partial charge on any atom is -0.380 e. The second-order valence-electron chi connectivity index (χ2n) is 3.76. The second kappa shape index (κ2) is 5.52. The Hall–Kier alpha value is -2.05. The molecule has 2 aromatic carbocycles. The van der Waals surface area contributed by atoms with E-state index in [9.17, 15) is 4.39 Å². The first-order chi connectivity index (χ1) is 8.70. The van der Waals surface area contributed by atoms with Crippen molar-refractivity contribution in [3.05, 3.63) is 64.4 Å². The maximum Gasteiger partial charge on any atom is 0.142 e. The van der Waals surface area contributed by atoms with Gasteiger partial charge in [-0.1, -0.05) is 29.8 Å². The Morgan fingerprint density at radius 1 is 1.22 bits per heavy atom. The molecule has 2 aromatic rings. The highest BCUT2D eigenvalue weighted by Gasteiger charge is 2.03. The smallest absolute Gasteiger partial charge is 0.142 e. The molecule has 0 radical (unpaired) electrons. The number of nitriles is 1. The molecule has 0 saturated carbocycles. The van der Waals surface area contributed by atoms with Crippen molar-refractivity contribution in [3.8, 4) is 6.07 Å². The van der Waals surface area contributed by atoms with E-state index in [0.29, 0.717) is 12.1 Å². The van der Waals surface area contributed by atoms with Crippen molar-refractivity contribution in [2.75, 3.05) is 5.32 Å². The van der Waals surface area contributed by atoms with Gasteiger partial charge in [0.25, 0.3) is 0 Å². The summed E-state index contributed by atoms with van der Waals surface area (Å²) in [6.45, 7) is 0.437. The summed E-state index contributed by atoms with van der Waals surface area (Å²) < 4.78 is 13.2. The Balaban J connectivity index is 2.12. The van der Waals surface area contributed by atoms with E-state index < -0.39 is 5.82 Å². The first-order valence-electron chi connectivity index (χ1n) is 5.37. The largest absolute Gasteiger partial charge is 0.380 e. The zero-order valence-corrected chi connectivity index (χ0v) is 10.2. The van der Waals surface area contributed by atoms with Crippen LogP contribution in [0.15, 0.2) is 42.5 Å². The molecule has 0 bridgehead atoms. The lowest BCUT2D eigenvalue weighted by Crippen LogP contribution is -2.01. The maximum absolute atomic E-state index is 13.2. The van der Waals surface area contributed by atoms with E-state index in [2.05, 4.69) is 11.4 Å². The fraction of sp³-hybridized carbons (Fsp3) is 0.0714. The van der Waals surface area contributed by atoms with Crippen molar-refractivity contribution in [1.29, 1.82) is 5.26 Å². The van der Waals surface area contributed by atoms with Crippen molar-refractivity contribution in [2.45, 2.75) is 6.54 Å². The van der Waals surface area contributed by atoms with Gasteiger partial charge in [0.15, 0.2) is 0 Å². The normalized spacial score (nSPS) is 9.83. The number of hydrogen-bond acceptors (Lipinski definition) is 2. The molecule has 0 aliphatic carbocycles. The number of nitrogens with zero attached hydrogens (tertiary/aromatic N) is 1. The van der Waals surface area contributed by atoms with Crippen molar-refractivity contribution in [1.82, 2.24) is 0 Å². The molecule has 2 rings (SSSR count). The third-order valence-corrected chi connectivity index (χ3v) is 2.82. The van der Waals surface area contributed by atoms with E-state index in [4.69, 9.17) is 16.9 Å². The summed E-state index contributed by atoms with van der Waals surface area (Å²) in [5, 5.41) is 12.1. The Bertz CT molecular complexity index is 605. The Morgan fingerprint density at radius 3 is 2.72 bits per heavy atom. The number of halogens is 2. The van der Waals surface area contributed by atoms with Crippen LogP contribution >= 0.6 is 11.6 Å². The zero-order valence-electron chi connectivity index (χ0n) is 9.45. The molecule has 0 spiro atoms. The molecule has 0 amide bonds. The Kier molecular flexibility index (Phi) is 3.81. The van der Waals surface area contributed by atoms with Crippen LogP contribution in [-0.2, 0) is 6.54 Å². The lowest BCUT2D eigenvalue weighted by atomic mass is 10.1. The van der Waals surface area contributed by atoms with Crippen LogP contribution in [0.25, 0.3) is 0 Å². The number of benzene rings is 2. The fourth-order valence-corrected chi connectivity index (χ4v) is 1.70. The minimum absolute atomic E-state index is 0.108. The van der Waals surface area contributed by atoms with E-state index in [1.807, 2.05) is 12.1 Å². The zero-order chi connectivity index (χ0) is 13.0. The topological polar surface area (TPSA) is 35.8 Å². The predicted octanol–water partition coefficient (Wildman–Crippen LogP) is 3.96. The minimum atomic E-state index is -0.440. The predicted molar refractivity (Wildman–Crippen MR) is 69.9 cm³/mol. The maximum atomic E-state index is 13.2. The third-order valence-electron chi connectivity index (χ3n) is 2.51. The van der Waals surface area contributed by atoms with Gasteiger partial charge in [-0.25, -0.2) is 4.39 Å². The summed E-state index contributed by atoms with van der Waals surface area (Å²) in [6, 6.07) is 13.9. The van der Waals surface area contributed by atoms with E-state index in [1.165, 1.54) is 12.1 Å². The van der Waals surface area contributed by atoms with Gasteiger partial charge >= 0.3 is 0 Å². The lowest BCUT2D eigenvalue weighted by Gasteiger charge is -2.08. The average molecular weight is 261 g/mol. The third kappa shape index (κ3) is 2.79. The molecule has 90 valence electrons. The quantitative estimate of drug-likeness (QED) is 0.907. The molecule has 1 N–H and O–H groups in total. The van der Waals surface area contributed by atoms with Gasteiger partial charge in [-0.15, -0.1) is 0 Å². The molecule has 0 aliphatic heterocycles. The highest BCUT2D eigenvalue weighted by Crippen LogP contribution is 2.18. The number of para-hydroxylation sites is 1. The molecule has 0 aromatic heterocycles. The van der Waals surface area contributed by atoms with E-state index >= 15 is 0 Å². The van der Waals surface area contributed by atoms with Gasteiger partial charge in [-0.3, -0.25) is 0 Å². The van der Waals surface area contributed by atoms with Gasteiger partial charge < -0.3 is 5.32 Å². The van der Waals surface area contributed by atoms with Crippen molar-refractivity contribution in [2.24, 2.45) is 0 Å². The molecule has 18 heavy (non-hydrogen) atoms. The van der Waals surface area contributed by atoms with Crippen LogP contribution in [0.4, 0.5) is 10.1 Å². The highest BCUT2D eigenvalue weighted by molar-refractivity contribution is 6.30. The van der Waals surface area contributed by atoms with Crippen molar-refractivity contribution >= 4 is 17.3 Å². The lowest BCUT2D eigenvalue weighted by molar-refractivity contribution is 0.626. The number of nitrogens with one attached hydrogen (secondary N) is 1. The summed E-state index contributed by atoms with van der Waals surface area (Å²) in [7, 11) is 0.